The number of methoxy groups -OCH3 is 1. The number of nitrogens with one attached hydrogen (secondary N) is 1. The minimum absolute atomic E-state index is 0.0447. The first-order chi connectivity index (χ1) is 9.13. The maximum Gasteiger partial charge on any atom is 0.237 e. The molecule has 1 N–H and O–H groups in total. The summed E-state index contributed by atoms with van der Waals surface area (Å²) < 4.78 is 4.93. The molecule has 0 aromatic rings. The Hall–Kier alpha value is -0.940. The number of ketones is 1. The predicted octanol–water partition coefficient (Wildman–Crippen LogP) is 0.723. The molecule has 2 heterocycles. The van der Waals surface area contributed by atoms with Crippen molar-refractivity contribution in [2.24, 2.45) is 0 Å². The summed E-state index contributed by atoms with van der Waals surface area (Å²) in [6.45, 7) is 3.02. The molecule has 19 heavy (non-hydrogen) atoms. The SMILES string of the molecule is COCCNC(=O)C(C)N1C2CCCC1CC(=O)C2. The average molecular weight is 268 g/mol. The van der Waals surface area contributed by atoms with Gasteiger partial charge in [-0.15, -0.1) is 0 Å². The smallest absolute Gasteiger partial charge is 0.237 e. The van der Waals surface area contributed by atoms with Crippen LogP contribution in [-0.4, -0.2) is 55.0 Å². The Labute approximate surface area is 114 Å². The van der Waals surface area contributed by atoms with Crippen molar-refractivity contribution in [3.8, 4) is 0 Å². The molecule has 2 saturated heterocycles. The number of hydrogen-bond acceptors (Lipinski definition) is 4. The van der Waals surface area contributed by atoms with E-state index in [1.807, 2.05) is 6.92 Å². The molecule has 0 aromatic heterocycles. The molecule has 108 valence electrons. The van der Waals surface area contributed by atoms with Crippen molar-refractivity contribution >= 4 is 11.7 Å². The van der Waals surface area contributed by atoms with Crippen LogP contribution in [0, 0.1) is 0 Å². The Balaban J connectivity index is 1.95. The van der Waals surface area contributed by atoms with Crippen LogP contribution in [0.1, 0.15) is 39.0 Å². The molecule has 5 heteroatoms. The molecule has 2 rings (SSSR count). The summed E-state index contributed by atoms with van der Waals surface area (Å²) in [4.78, 5) is 26.1. The molecule has 2 fully saturated rings. The molecule has 2 aliphatic rings. The van der Waals surface area contributed by atoms with Crippen molar-refractivity contribution in [1.29, 1.82) is 0 Å². The summed E-state index contributed by atoms with van der Waals surface area (Å²) in [6.07, 6.45) is 4.49. The van der Waals surface area contributed by atoms with Gasteiger partial charge in [-0.05, 0) is 19.8 Å². The standard InChI is InChI=1S/C14H24N2O3/c1-10(14(18)15-6-7-19-2)16-11-4-3-5-12(16)9-13(17)8-11/h10-12H,3-9H2,1-2H3,(H,15,18). The minimum Gasteiger partial charge on any atom is -0.383 e. The predicted molar refractivity (Wildman–Crippen MR) is 71.9 cm³/mol. The van der Waals surface area contributed by atoms with Gasteiger partial charge in [-0.3, -0.25) is 14.5 Å². The number of hydrogen-bond donors (Lipinski definition) is 1. The lowest BCUT2D eigenvalue weighted by Crippen LogP contribution is -2.59. The van der Waals surface area contributed by atoms with Crippen molar-refractivity contribution in [1.82, 2.24) is 10.2 Å². The lowest BCUT2D eigenvalue weighted by molar-refractivity contribution is -0.137. The van der Waals surface area contributed by atoms with Gasteiger partial charge < -0.3 is 10.1 Å². The van der Waals surface area contributed by atoms with Crippen LogP contribution in [-0.2, 0) is 14.3 Å². The molecule has 3 atom stereocenters. The van der Waals surface area contributed by atoms with E-state index in [4.69, 9.17) is 4.74 Å². The Bertz CT molecular complexity index is 330. The largest absolute Gasteiger partial charge is 0.383 e. The first kappa shape index (κ1) is 14.5. The van der Waals surface area contributed by atoms with Crippen molar-refractivity contribution in [3.63, 3.8) is 0 Å². The van der Waals surface area contributed by atoms with Gasteiger partial charge in [0.25, 0.3) is 0 Å². The number of fused-ring (bicyclic) bond motifs is 2. The number of Topliss-reactive ketones (excluding diaryl/α,β-unsaturated/α-hetero) is 1. The van der Waals surface area contributed by atoms with Gasteiger partial charge in [-0.25, -0.2) is 0 Å². The van der Waals surface area contributed by atoms with E-state index in [0.717, 1.165) is 12.8 Å². The van der Waals surface area contributed by atoms with Crippen LogP contribution in [0.2, 0.25) is 0 Å². The third-order valence-corrected chi connectivity index (χ3v) is 4.28. The monoisotopic (exact) mass is 268 g/mol. The second-order valence-electron chi connectivity index (χ2n) is 5.59. The summed E-state index contributed by atoms with van der Waals surface area (Å²) in [5, 5.41) is 2.89. The Kier molecular flexibility index (Phi) is 4.93. The van der Waals surface area contributed by atoms with E-state index in [2.05, 4.69) is 10.2 Å². The molecule has 3 unspecified atom stereocenters. The molecule has 0 saturated carbocycles. The third kappa shape index (κ3) is 3.34. The molecule has 2 aliphatic heterocycles. The van der Waals surface area contributed by atoms with Gasteiger partial charge in [0.1, 0.15) is 5.78 Å². The van der Waals surface area contributed by atoms with E-state index in [-0.39, 0.29) is 24.0 Å². The highest BCUT2D eigenvalue weighted by atomic mass is 16.5. The Morgan fingerprint density at radius 1 is 1.42 bits per heavy atom. The van der Waals surface area contributed by atoms with Crippen molar-refractivity contribution < 1.29 is 14.3 Å². The van der Waals surface area contributed by atoms with Crippen LogP contribution in [0.5, 0.6) is 0 Å². The Morgan fingerprint density at radius 2 is 2.05 bits per heavy atom. The van der Waals surface area contributed by atoms with Crippen LogP contribution < -0.4 is 5.32 Å². The lowest BCUT2D eigenvalue weighted by atomic mass is 9.82. The zero-order chi connectivity index (χ0) is 13.8. The molecular weight excluding hydrogens is 244 g/mol. The van der Waals surface area contributed by atoms with E-state index in [9.17, 15) is 9.59 Å². The van der Waals surface area contributed by atoms with Crippen LogP contribution >= 0.6 is 0 Å². The van der Waals surface area contributed by atoms with E-state index in [1.54, 1.807) is 7.11 Å². The fraction of sp³-hybridized carbons (Fsp3) is 0.857. The van der Waals surface area contributed by atoms with Crippen molar-refractivity contribution in [3.05, 3.63) is 0 Å². The second-order valence-corrected chi connectivity index (χ2v) is 5.59. The number of nitrogens with zero attached hydrogens (tertiary/aromatic N) is 1. The average Bonchev–Trinajstić information content (AvgIpc) is 2.37. The topological polar surface area (TPSA) is 58.6 Å². The zero-order valence-electron chi connectivity index (χ0n) is 11.9. The van der Waals surface area contributed by atoms with Gasteiger partial charge in [0.15, 0.2) is 0 Å². The minimum atomic E-state index is -0.153. The summed E-state index contributed by atoms with van der Waals surface area (Å²) >= 11 is 0. The number of amides is 1. The highest BCUT2D eigenvalue weighted by molar-refractivity contribution is 5.83. The Morgan fingerprint density at radius 3 is 2.63 bits per heavy atom. The summed E-state index contributed by atoms with van der Waals surface area (Å²) in [7, 11) is 1.62. The maximum atomic E-state index is 12.1. The first-order valence-electron chi connectivity index (χ1n) is 7.19. The van der Waals surface area contributed by atoms with Gasteiger partial charge in [0.2, 0.25) is 5.91 Å². The van der Waals surface area contributed by atoms with Gasteiger partial charge in [-0.2, -0.15) is 0 Å². The summed E-state index contributed by atoms with van der Waals surface area (Å²) in [5.74, 6) is 0.404. The van der Waals surface area contributed by atoms with Crippen LogP contribution in [0.15, 0.2) is 0 Å². The maximum absolute atomic E-state index is 12.1. The van der Waals surface area contributed by atoms with Crippen LogP contribution in [0.25, 0.3) is 0 Å². The van der Waals surface area contributed by atoms with Gasteiger partial charge >= 0.3 is 0 Å². The van der Waals surface area contributed by atoms with E-state index < -0.39 is 0 Å². The van der Waals surface area contributed by atoms with Crippen LogP contribution in [0.4, 0.5) is 0 Å². The highest BCUT2D eigenvalue weighted by Gasteiger charge is 2.41. The molecular formula is C14H24N2O3. The van der Waals surface area contributed by atoms with Crippen molar-refractivity contribution in [2.45, 2.75) is 57.2 Å². The fourth-order valence-corrected chi connectivity index (χ4v) is 3.40. The molecule has 0 spiro atoms. The molecule has 5 nitrogen and oxygen atoms in total. The first-order valence-corrected chi connectivity index (χ1v) is 7.19. The van der Waals surface area contributed by atoms with E-state index >= 15 is 0 Å². The number of carbonyl (C=O) groups excluding carboxylic acids is 2. The van der Waals surface area contributed by atoms with Gasteiger partial charge in [0.05, 0.1) is 12.6 Å². The van der Waals surface area contributed by atoms with Gasteiger partial charge in [-0.1, -0.05) is 6.42 Å². The molecule has 0 radical (unpaired) electrons. The number of carbonyl (C=O) groups is 2. The number of piperidine rings is 2. The van der Waals surface area contributed by atoms with Crippen molar-refractivity contribution in [2.75, 3.05) is 20.3 Å². The quantitative estimate of drug-likeness (QED) is 0.747. The van der Waals surface area contributed by atoms with Crippen LogP contribution in [0.3, 0.4) is 0 Å². The van der Waals surface area contributed by atoms with E-state index in [0.29, 0.717) is 31.8 Å². The number of ether oxygens (including phenoxy) is 1. The lowest BCUT2D eigenvalue weighted by Gasteiger charge is -2.47. The second kappa shape index (κ2) is 6.48. The summed E-state index contributed by atoms with van der Waals surface area (Å²) in [5.41, 5.74) is 0. The zero-order valence-corrected chi connectivity index (χ0v) is 11.9. The molecule has 1 amide bonds. The molecule has 0 aromatic carbocycles. The van der Waals surface area contributed by atoms with Gasteiger partial charge in [0, 0.05) is 38.6 Å². The fourth-order valence-electron chi connectivity index (χ4n) is 3.40. The number of rotatable bonds is 5. The normalized spacial score (nSPS) is 29.1. The highest BCUT2D eigenvalue weighted by Crippen LogP contribution is 2.33. The third-order valence-electron chi connectivity index (χ3n) is 4.28. The summed E-state index contributed by atoms with van der Waals surface area (Å²) in [6, 6.07) is 0.381. The molecule has 0 aliphatic carbocycles. The van der Waals surface area contributed by atoms with E-state index in [1.165, 1.54) is 6.42 Å². The molecule has 2 bridgehead atoms.